The van der Waals surface area contributed by atoms with Crippen LogP contribution in [-0.4, -0.2) is 37.0 Å². The lowest BCUT2D eigenvalue weighted by Crippen LogP contribution is -2.30. The number of halogens is 3. The highest BCUT2D eigenvalue weighted by atomic mass is 35.5. The number of alkyl halides is 2. The van der Waals surface area contributed by atoms with Crippen LogP contribution >= 0.6 is 11.6 Å². The highest BCUT2D eigenvalue weighted by molar-refractivity contribution is 6.29. The van der Waals surface area contributed by atoms with E-state index in [0.29, 0.717) is 24.1 Å². The van der Waals surface area contributed by atoms with Crippen molar-refractivity contribution in [2.24, 2.45) is 17.6 Å². The van der Waals surface area contributed by atoms with Crippen LogP contribution in [0.2, 0.25) is 5.15 Å². The van der Waals surface area contributed by atoms with Crippen molar-refractivity contribution < 1.29 is 13.6 Å². The van der Waals surface area contributed by atoms with Gasteiger partial charge in [-0.2, -0.15) is 0 Å². The van der Waals surface area contributed by atoms with Gasteiger partial charge in [-0.05, 0) is 50.1 Å². The van der Waals surface area contributed by atoms with Crippen LogP contribution in [0.5, 0.6) is 0 Å². The predicted molar refractivity (Wildman–Crippen MR) is 90.6 cm³/mol. The molecular weight excluding hydrogens is 338 g/mol. The number of rotatable bonds is 7. The van der Waals surface area contributed by atoms with Crippen molar-refractivity contribution in [3.8, 4) is 0 Å². The standard InChI is InChI=1S/C16H23ClF2N4O/c17-14-5-13(12(8-22-14)16(24)23-9-15(18)19)21-7-11-3-1-10(6-20)2-4-11/h5,8,10-11,15H,1-4,6-7,9,20H2,(H,21,22)(H,23,24). The summed E-state index contributed by atoms with van der Waals surface area (Å²) in [5.74, 6) is 0.512. The number of nitrogens with two attached hydrogens (primary N) is 1. The van der Waals surface area contributed by atoms with Gasteiger partial charge in [-0.3, -0.25) is 4.79 Å². The molecule has 1 aromatic heterocycles. The number of anilines is 1. The molecule has 0 saturated heterocycles. The van der Waals surface area contributed by atoms with Crippen LogP contribution in [0.1, 0.15) is 36.0 Å². The number of carbonyl (C=O) groups is 1. The molecule has 0 spiro atoms. The fourth-order valence-corrected chi connectivity index (χ4v) is 3.11. The molecule has 0 aliphatic heterocycles. The second kappa shape index (κ2) is 9.13. The molecule has 8 heteroatoms. The van der Waals surface area contributed by atoms with Gasteiger partial charge in [-0.25, -0.2) is 13.8 Å². The summed E-state index contributed by atoms with van der Waals surface area (Å²) in [6.07, 6.45) is 3.10. The molecule has 0 atom stereocenters. The first kappa shape index (κ1) is 18.9. The maximum Gasteiger partial charge on any atom is 0.255 e. The Kier molecular flexibility index (Phi) is 7.17. The van der Waals surface area contributed by atoms with Gasteiger partial charge in [0.25, 0.3) is 12.3 Å². The lowest BCUT2D eigenvalue weighted by atomic mass is 9.82. The minimum Gasteiger partial charge on any atom is -0.384 e. The minimum atomic E-state index is -2.59. The summed E-state index contributed by atoms with van der Waals surface area (Å²) in [7, 11) is 0. The van der Waals surface area contributed by atoms with E-state index in [4.69, 9.17) is 17.3 Å². The topological polar surface area (TPSA) is 80.0 Å². The van der Waals surface area contributed by atoms with Crippen LogP contribution in [0.25, 0.3) is 0 Å². The molecule has 1 aliphatic rings. The van der Waals surface area contributed by atoms with Gasteiger partial charge in [0.05, 0.1) is 17.8 Å². The molecule has 5 nitrogen and oxygen atoms in total. The largest absolute Gasteiger partial charge is 0.384 e. The number of nitrogens with one attached hydrogen (secondary N) is 2. The third-order valence-electron chi connectivity index (χ3n) is 4.41. The molecule has 0 bridgehead atoms. The summed E-state index contributed by atoms with van der Waals surface area (Å²) in [4.78, 5) is 15.9. The van der Waals surface area contributed by atoms with E-state index in [1.807, 2.05) is 0 Å². The maximum atomic E-state index is 12.3. The SMILES string of the molecule is NCC1CCC(CNc2cc(Cl)ncc2C(=O)NCC(F)F)CC1. The molecule has 1 aliphatic carbocycles. The van der Waals surface area contributed by atoms with E-state index < -0.39 is 18.9 Å². The molecule has 1 heterocycles. The van der Waals surface area contributed by atoms with Crippen molar-refractivity contribution in [2.45, 2.75) is 32.1 Å². The van der Waals surface area contributed by atoms with Gasteiger partial charge in [0.15, 0.2) is 0 Å². The van der Waals surface area contributed by atoms with Crippen molar-refractivity contribution in [3.63, 3.8) is 0 Å². The normalized spacial score (nSPS) is 20.9. The quantitative estimate of drug-likeness (QED) is 0.653. The summed E-state index contributed by atoms with van der Waals surface area (Å²) in [6, 6.07) is 1.55. The van der Waals surface area contributed by atoms with Gasteiger partial charge >= 0.3 is 0 Å². The molecule has 1 fully saturated rings. The van der Waals surface area contributed by atoms with E-state index in [2.05, 4.69) is 15.6 Å². The van der Waals surface area contributed by atoms with Crippen molar-refractivity contribution >= 4 is 23.2 Å². The van der Waals surface area contributed by atoms with Crippen molar-refractivity contribution in [1.29, 1.82) is 0 Å². The van der Waals surface area contributed by atoms with Crippen LogP contribution in [-0.2, 0) is 0 Å². The minimum absolute atomic E-state index is 0.218. The number of amides is 1. The van der Waals surface area contributed by atoms with E-state index in [9.17, 15) is 13.6 Å². The Hall–Kier alpha value is -1.47. The van der Waals surface area contributed by atoms with Gasteiger partial charge in [0.1, 0.15) is 5.15 Å². The smallest absolute Gasteiger partial charge is 0.255 e. The van der Waals surface area contributed by atoms with E-state index in [0.717, 1.165) is 32.2 Å². The first-order valence-electron chi connectivity index (χ1n) is 8.15. The van der Waals surface area contributed by atoms with Gasteiger partial charge in [0, 0.05) is 12.7 Å². The molecule has 2 rings (SSSR count). The lowest BCUT2D eigenvalue weighted by molar-refractivity contribution is 0.0892. The van der Waals surface area contributed by atoms with Crippen molar-refractivity contribution in [3.05, 3.63) is 23.0 Å². The van der Waals surface area contributed by atoms with Crippen LogP contribution in [0, 0.1) is 11.8 Å². The van der Waals surface area contributed by atoms with Crippen LogP contribution in [0.15, 0.2) is 12.3 Å². The summed E-state index contributed by atoms with van der Waals surface area (Å²) >= 11 is 5.89. The number of hydrogen-bond acceptors (Lipinski definition) is 4. The molecule has 4 N–H and O–H groups in total. The molecule has 1 saturated carbocycles. The summed E-state index contributed by atoms with van der Waals surface area (Å²) in [5.41, 5.74) is 6.43. The van der Waals surface area contributed by atoms with Gasteiger partial charge in [-0.1, -0.05) is 11.6 Å². The van der Waals surface area contributed by atoms with E-state index in [1.54, 1.807) is 6.07 Å². The monoisotopic (exact) mass is 360 g/mol. The molecular formula is C16H23ClF2N4O. The fourth-order valence-electron chi connectivity index (χ4n) is 2.95. The van der Waals surface area contributed by atoms with Gasteiger partial charge < -0.3 is 16.4 Å². The average molecular weight is 361 g/mol. The number of pyridine rings is 1. The molecule has 0 aromatic carbocycles. The first-order valence-corrected chi connectivity index (χ1v) is 8.53. The zero-order valence-corrected chi connectivity index (χ0v) is 14.2. The van der Waals surface area contributed by atoms with Crippen LogP contribution in [0.3, 0.4) is 0 Å². The number of hydrogen-bond donors (Lipinski definition) is 3. The number of aromatic nitrogens is 1. The average Bonchev–Trinajstić information content (AvgIpc) is 2.58. The Labute approximate surface area is 145 Å². The highest BCUT2D eigenvalue weighted by Gasteiger charge is 2.21. The molecule has 0 radical (unpaired) electrons. The lowest BCUT2D eigenvalue weighted by Gasteiger charge is -2.28. The van der Waals surface area contributed by atoms with Gasteiger partial charge in [-0.15, -0.1) is 0 Å². The van der Waals surface area contributed by atoms with Crippen LogP contribution < -0.4 is 16.4 Å². The molecule has 1 aromatic rings. The van der Waals surface area contributed by atoms with E-state index in [-0.39, 0.29) is 10.7 Å². The Morgan fingerprint density at radius 1 is 1.33 bits per heavy atom. The predicted octanol–water partition coefficient (Wildman–Crippen LogP) is 2.91. The fraction of sp³-hybridized carbons (Fsp3) is 0.625. The second-order valence-corrected chi connectivity index (χ2v) is 6.54. The number of nitrogens with zero attached hydrogens (tertiary/aromatic N) is 1. The Bertz CT molecular complexity index is 551. The molecule has 134 valence electrons. The Morgan fingerprint density at radius 2 is 2.00 bits per heavy atom. The van der Waals surface area contributed by atoms with Crippen molar-refractivity contribution in [2.75, 3.05) is 25.0 Å². The summed E-state index contributed by atoms with van der Waals surface area (Å²) in [6.45, 7) is 0.741. The maximum absolute atomic E-state index is 12.3. The number of carbonyl (C=O) groups excluding carboxylic acids is 1. The van der Waals surface area contributed by atoms with Crippen molar-refractivity contribution in [1.82, 2.24) is 10.3 Å². The third-order valence-corrected chi connectivity index (χ3v) is 4.62. The highest BCUT2D eigenvalue weighted by Crippen LogP contribution is 2.29. The molecule has 24 heavy (non-hydrogen) atoms. The zero-order chi connectivity index (χ0) is 17.5. The van der Waals surface area contributed by atoms with E-state index >= 15 is 0 Å². The molecule has 1 amide bonds. The second-order valence-electron chi connectivity index (χ2n) is 6.16. The van der Waals surface area contributed by atoms with Gasteiger partial charge in [0.2, 0.25) is 0 Å². The third kappa shape index (κ3) is 5.56. The summed E-state index contributed by atoms with van der Waals surface area (Å²) < 4.78 is 24.5. The summed E-state index contributed by atoms with van der Waals surface area (Å²) in [5, 5.41) is 5.65. The van der Waals surface area contributed by atoms with E-state index in [1.165, 1.54) is 6.20 Å². The van der Waals surface area contributed by atoms with Crippen LogP contribution in [0.4, 0.5) is 14.5 Å². The molecule has 0 unspecified atom stereocenters. The zero-order valence-electron chi connectivity index (χ0n) is 13.4. The Balaban J connectivity index is 1.96. The first-order chi connectivity index (χ1) is 11.5. The Morgan fingerprint density at radius 3 is 2.62 bits per heavy atom.